The molecule has 0 unspecified atom stereocenters. The number of ether oxygens (including phenoxy) is 1. The lowest BCUT2D eigenvalue weighted by Crippen LogP contribution is -2.07. The summed E-state index contributed by atoms with van der Waals surface area (Å²) in [6.07, 6.45) is 3.20. The summed E-state index contributed by atoms with van der Waals surface area (Å²) in [6, 6.07) is 5.18. The van der Waals surface area contributed by atoms with Crippen LogP contribution in [0.3, 0.4) is 0 Å². The van der Waals surface area contributed by atoms with Gasteiger partial charge in [-0.3, -0.25) is 4.79 Å². The van der Waals surface area contributed by atoms with E-state index in [9.17, 15) is 4.79 Å². The molecule has 0 aliphatic carbocycles. The first-order valence-corrected chi connectivity index (χ1v) is 5.60. The minimum absolute atomic E-state index is 0.279. The van der Waals surface area contributed by atoms with Gasteiger partial charge < -0.3 is 4.74 Å². The first-order valence-electron chi connectivity index (χ1n) is 4.52. The molecule has 0 saturated carbocycles. The van der Waals surface area contributed by atoms with Gasteiger partial charge in [0.15, 0.2) is 0 Å². The molecule has 0 aliphatic heterocycles. The lowest BCUT2D eigenvalue weighted by atomic mass is 10.3. The van der Waals surface area contributed by atoms with E-state index >= 15 is 0 Å². The van der Waals surface area contributed by atoms with Crippen molar-refractivity contribution in [2.45, 2.75) is 6.61 Å². The van der Waals surface area contributed by atoms with Gasteiger partial charge in [0.1, 0.15) is 16.1 Å². The topological polar surface area (TPSA) is 67.9 Å². The van der Waals surface area contributed by atoms with Crippen molar-refractivity contribution in [1.82, 2.24) is 15.2 Å². The van der Waals surface area contributed by atoms with E-state index in [0.29, 0.717) is 12.4 Å². The third-order valence-corrected chi connectivity index (χ3v) is 2.47. The number of H-pyrrole nitrogens is 1. The van der Waals surface area contributed by atoms with Crippen LogP contribution >= 0.6 is 22.6 Å². The molecule has 0 spiro atoms. The van der Waals surface area contributed by atoms with Crippen molar-refractivity contribution < 1.29 is 4.74 Å². The van der Waals surface area contributed by atoms with Crippen LogP contribution in [0, 0.1) is 3.70 Å². The minimum atomic E-state index is -0.279. The number of aromatic amines is 1. The van der Waals surface area contributed by atoms with Crippen LogP contribution in [-0.4, -0.2) is 15.2 Å². The van der Waals surface area contributed by atoms with E-state index in [1.54, 1.807) is 6.20 Å². The summed E-state index contributed by atoms with van der Waals surface area (Å²) in [5, 5.41) is 5.91. The van der Waals surface area contributed by atoms with Crippen LogP contribution in [0.5, 0.6) is 5.75 Å². The largest absolute Gasteiger partial charge is 0.487 e. The molecule has 16 heavy (non-hydrogen) atoms. The van der Waals surface area contributed by atoms with E-state index in [1.165, 1.54) is 12.3 Å². The molecule has 0 aromatic carbocycles. The Morgan fingerprint density at radius 3 is 2.94 bits per heavy atom. The van der Waals surface area contributed by atoms with Crippen LogP contribution < -0.4 is 10.3 Å². The maximum atomic E-state index is 10.9. The molecule has 0 amide bonds. The van der Waals surface area contributed by atoms with E-state index in [4.69, 9.17) is 4.74 Å². The number of hydrogen-bond acceptors (Lipinski definition) is 4. The lowest BCUT2D eigenvalue weighted by molar-refractivity contribution is 0.303. The molecule has 0 saturated heterocycles. The van der Waals surface area contributed by atoms with Gasteiger partial charge in [-0.15, -0.1) is 0 Å². The summed E-state index contributed by atoms with van der Waals surface area (Å²) in [5.41, 5.74) is 0.666. The second-order valence-electron chi connectivity index (χ2n) is 3.06. The smallest absolute Gasteiger partial charge is 0.267 e. The Balaban J connectivity index is 2.02. The third kappa shape index (κ3) is 3.02. The highest BCUT2D eigenvalue weighted by atomic mass is 127. The minimum Gasteiger partial charge on any atom is -0.487 e. The molecule has 82 valence electrons. The number of pyridine rings is 1. The molecule has 2 heterocycles. The standard InChI is InChI=1S/C10H8IN3O2/c11-9-2-1-7(4-12-9)6-16-8-3-10(15)14-13-5-8/h1-5H,6H2,(H,14,15). The predicted molar refractivity (Wildman–Crippen MR) is 66.1 cm³/mol. The van der Waals surface area contributed by atoms with E-state index in [2.05, 4.69) is 37.8 Å². The Labute approximate surface area is 105 Å². The molecule has 0 aliphatic rings. The van der Waals surface area contributed by atoms with Crippen molar-refractivity contribution in [3.8, 4) is 5.75 Å². The normalized spacial score (nSPS) is 10.1. The van der Waals surface area contributed by atoms with E-state index in [0.717, 1.165) is 9.26 Å². The van der Waals surface area contributed by atoms with E-state index in [1.807, 2.05) is 12.1 Å². The van der Waals surface area contributed by atoms with Gasteiger partial charge in [0.05, 0.1) is 6.20 Å². The van der Waals surface area contributed by atoms with Crippen molar-refractivity contribution in [3.05, 3.63) is 50.2 Å². The van der Waals surface area contributed by atoms with Crippen LogP contribution in [0.4, 0.5) is 0 Å². The molecule has 0 fully saturated rings. The molecule has 2 aromatic rings. The Morgan fingerprint density at radius 2 is 2.25 bits per heavy atom. The number of rotatable bonds is 3. The van der Waals surface area contributed by atoms with Crippen molar-refractivity contribution in [2.24, 2.45) is 0 Å². The van der Waals surface area contributed by atoms with Crippen LogP contribution in [0.2, 0.25) is 0 Å². The summed E-state index contributed by atoms with van der Waals surface area (Å²) < 4.78 is 6.32. The predicted octanol–water partition coefficient (Wildman–Crippen LogP) is 1.35. The number of nitrogens with one attached hydrogen (secondary N) is 1. The van der Waals surface area contributed by atoms with Gasteiger partial charge in [0.25, 0.3) is 5.56 Å². The number of hydrogen-bond donors (Lipinski definition) is 1. The first kappa shape index (κ1) is 11.1. The molecule has 6 heteroatoms. The molecule has 2 aromatic heterocycles. The summed E-state index contributed by atoms with van der Waals surface area (Å²) in [6.45, 7) is 0.370. The van der Waals surface area contributed by atoms with Gasteiger partial charge in [0.2, 0.25) is 0 Å². The van der Waals surface area contributed by atoms with Gasteiger partial charge in [-0.05, 0) is 28.7 Å². The Hall–Kier alpha value is -1.44. The Bertz CT molecular complexity index is 524. The molecule has 0 bridgehead atoms. The Kier molecular flexibility index (Phi) is 3.50. The van der Waals surface area contributed by atoms with Gasteiger partial charge in [-0.2, -0.15) is 5.10 Å². The van der Waals surface area contributed by atoms with Crippen LogP contribution in [-0.2, 0) is 6.61 Å². The average Bonchev–Trinajstić information content (AvgIpc) is 2.28. The van der Waals surface area contributed by atoms with Crippen LogP contribution in [0.1, 0.15) is 5.56 Å². The molecule has 2 rings (SSSR count). The molecule has 0 radical (unpaired) electrons. The third-order valence-electron chi connectivity index (χ3n) is 1.83. The number of nitrogens with zero attached hydrogens (tertiary/aromatic N) is 2. The van der Waals surface area contributed by atoms with Gasteiger partial charge in [0, 0.05) is 17.8 Å². The first-order chi connectivity index (χ1) is 7.74. The van der Waals surface area contributed by atoms with Crippen LogP contribution in [0.25, 0.3) is 0 Å². The maximum Gasteiger partial charge on any atom is 0.267 e. The van der Waals surface area contributed by atoms with Crippen molar-refractivity contribution >= 4 is 22.6 Å². The second kappa shape index (κ2) is 5.06. The molecular formula is C10H8IN3O2. The number of aromatic nitrogens is 3. The second-order valence-corrected chi connectivity index (χ2v) is 4.16. The average molecular weight is 329 g/mol. The fraction of sp³-hybridized carbons (Fsp3) is 0.100. The zero-order chi connectivity index (χ0) is 11.4. The highest BCUT2D eigenvalue weighted by Crippen LogP contribution is 2.08. The van der Waals surface area contributed by atoms with Crippen molar-refractivity contribution in [2.75, 3.05) is 0 Å². The van der Waals surface area contributed by atoms with Gasteiger partial charge >= 0.3 is 0 Å². The number of halogens is 1. The van der Waals surface area contributed by atoms with E-state index in [-0.39, 0.29) is 5.56 Å². The maximum absolute atomic E-state index is 10.9. The highest BCUT2D eigenvalue weighted by Gasteiger charge is 1.97. The Morgan fingerprint density at radius 1 is 1.38 bits per heavy atom. The molecule has 0 atom stereocenters. The highest BCUT2D eigenvalue weighted by molar-refractivity contribution is 14.1. The fourth-order valence-electron chi connectivity index (χ4n) is 1.10. The fourth-order valence-corrected chi connectivity index (χ4v) is 1.41. The summed E-state index contributed by atoms with van der Waals surface area (Å²) in [7, 11) is 0. The van der Waals surface area contributed by atoms with Crippen LogP contribution in [0.15, 0.2) is 35.4 Å². The van der Waals surface area contributed by atoms with Crippen molar-refractivity contribution in [1.29, 1.82) is 0 Å². The lowest BCUT2D eigenvalue weighted by Gasteiger charge is -2.04. The molecule has 5 nitrogen and oxygen atoms in total. The SMILES string of the molecule is O=c1cc(OCc2ccc(I)nc2)cn[nH]1. The quantitative estimate of drug-likeness (QED) is 0.682. The monoisotopic (exact) mass is 329 g/mol. The summed E-state index contributed by atoms with van der Waals surface area (Å²) in [5.74, 6) is 0.447. The molecular weight excluding hydrogens is 321 g/mol. The summed E-state index contributed by atoms with van der Waals surface area (Å²) in [4.78, 5) is 15.1. The zero-order valence-electron chi connectivity index (χ0n) is 8.18. The van der Waals surface area contributed by atoms with Gasteiger partial charge in [-0.25, -0.2) is 10.1 Å². The molecule has 1 N–H and O–H groups in total. The van der Waals surface area contributed by atoms with E-state index < -0.39 is 0 Å². The van der Waals surface area contributed by atoms with Gasteiger partial charge in [-0.1, -0.05) is 6.07 Å². The summed E-state index contributed by atoms with van der Waals surface area (Å²) >= 11 is 2.13. The van der Waals surface area contributed by atoms with Crippen molar-refractivity contribution in [3.63, 3.8) is 0 Å². The zero-order valence-corrected chi connectivity index (χ0v) is 10.3.